The summed E-state index contributed by atoms with van der Waals surface area (Å²) in [6, 6.07) is 5.40. The fourth-order valence-corrected chi connectivity index (χ4v) is 3.31. The molecule has 1 amide bonds. The van der Waals surface area contributed by atoms with Gasteiger partial charge in [-0.3, -0.25) is 9.59 Å². The summed E-state index contributed by atoms with van der Waals surface area (Å²) in [4.78, 5) is 29.8. The standard InChI is InChI=1S/C18H24N4O2/c1-3-20-8-10-22(11-9-20)18(24)13-12-21(4-2)15-7-5-6-14(19)16(15)17(13)23/h5-7,12H,3-4,8-11,19H2,1-2H3. The molecule has 2 heterocycles. The fraction of sp³-hybridized carbons (Fsp3) is 0.444. The van der Waals surface area contributed by atoms with Gasteiger partial charge in [-0.2, -0.15) is 0 Å². The Hall–Kier alpha value is -2.34. The highest BCUT2D eigenvalue weighted by molar-refractivity contribution is 6.00. The number of piperazine rings is 1. The number of fused-ring (bicyclic) bond motifs is 1. The summed E-state index contributed by atoms with van der Waals surface area (Å²) in [5, 5.41) is 0.442. The Bertz CT molecular complexity index is 820. The first-order chi connectivity index (χ1) is 11.6. The van der Waals surface area contributed by atoms with Gasteiger partial charge in [0, 0.05) is 44.6 Å². The Kier molecular flexibility index (Phi) is 4.57. The highest BCUT2D eigenvalue weighted by Crippen LogP contribution is 2.19. The third kappa shape index (κ3) is 2.78. The van der Waals surface area contributed by atoms with E-state index in [0.717, 1.165) is 25.2 Å². The number of hydrogen-bond acceptors (Lipinski definition) is 4. The topological polar surface area (TPSA) is 71.6 Å². The minimum atomic E-state index is -0.268. The summed E-state index contributed by atoms with van der Waals surface area (Å²) in [5.41, 5.74) is 7.16. The number of amides is 1. The van der Waals surface area contributed by atoms with Crippen LogP contribution in [0.2, 0.25) is 0 Å². The average Bonchev–Trinajstić information content (AvgIpc) is 2.61. The molecule has 0 radical (unpaired) electrons. The summed E-state index contributed by atoms with van der Waals surface area (Å²) in [5.74, 6) is -0.192. The largest absolute Gasteiger partial charge is 0.398 e. The number of aromatic nitrogens is 1. The van der Waals surface area contributed by atoms with E-state index < -0.39 is 0 Å². The number of nitrogens with two attached hydrogens (primary N) is 1. The van der Waals surface area contributed by atoms with E-state index in [1.54, 1.807) is 17.2 Å². The Balaban J connectivity index is 2.04. The lowest BCUT2D eigenvalue weighted by atomic mass is 10.1. The molecular formula is C18H24N4O2. The van der Waals surface area contributed by atoms with Crippen molar-refractivity contribution in [2.45, 2.75) is 20.4 Å². The summed E-state index contributed by atoms with van der Waals surface area (Å²) < 4.78 is 1.92. The molecule has 1 saturated heterocycles. The van der Waals surface area contributed by atoms with Crippen LogP contribution in [0, 0.1) is 0 Å². The van der Waals surface area contributed by atoms with Crippen molar-refractivity contribution in [3.63, 3.8) is 0 Å². The zero-order valence-corrected chi connectivity index (χ0v) is 14.3. The molecule has 6 nitrogen and oxygen atoms in total. The van der Waals surface area contributed by atoms with E-state index in [2.05, 4.69) is 11.8 Å². The van der Waals surface area contributed by atoms with Gasteiger partial charge in [-0.1, -0.05) is 13.0 Å². The van der Waals surface area contributed by atoms with Crippen LogP contribution < -0.4 is 11.2 Å². The number of carbonyl (C=O) groups excluding carboxylic acids is 1. The molecule has 1 aliphatic rings. The monoisotopic (exact) mass is 328 g/mol. The molecule has 2 aromatic rings. The van der Waals surface area contributed by atoms with Gasteiger partial charge in [0.1, 0.15) is 5.56 Å². The van der Waals surface area contributed by atoms with E-state index in [1.807, 2.05) is 23.6 Å². The first-order valence-corrected chi connectivity index (χ1v) is 8.50. The smallest absolute Gasteiger partial charge is 0.259 e. The molecule has 2 N–H and O–H groups in total. The molecule has 3 rings (SSSR count). The van der Waals surface area contributed by atoms with Crippen molar-refractivity contribution in [2.24, 2.45) is 0 Å². The number of aryl methyl sites for hydroxylation is 1. The number of nitrogen functional groups attached to an aromatic ring is 1. The molecule has 0 saturated carbocycles. The Morgan fingerprint density at radius 1 is 1.12 bits per heavy atom. The van der Waals surface area contributed by atoms with E-state index in [1.165, 1.54) is 0 Å². The second kappa shape index (κ2) is 6.65. The van der Waals surface area contributed by atoms with Crippen LogP contribution in [0.3, 0.4) is 0 Å². The zero-order valence-electron chi connectivity index (χ0n) is 14.3. The molecule has 6 heteroatoms. The molecule has 0 aliphatic carbocycles. The quantitative estimate of drug-likeness (QED) is 0.864. The first-order valence-electron chi connectivity index (χ1n) is 8.50. The maximum absolute atomic E-state index is 12.9. The Labute approximate surface area is 141 Å². The van der Waals surface area contributed by atoms with Gasteiger partial charge in [0.15, 0.2) is 0 Å². The third-order valence-electron chi connectivity index (χ3n) is 4.82. The SMILES string of the molecule is CCN1CCN(C(=O)c2cn(CC)c3cccc(N)c3c2=O)CC1. The van der Waals surface area contributed by atoms with Crippen LogP contribution in [0.1, 0.15) is 24.2 Å². The highest BCUT2D eigenvalue weighted by Gasteiger charge is 2.24. The van der Waals surface area contributed by atoms with Gasteiger partial charge in [-0.25, -0.2) is 0 Å². The predicted molar refractivity (Wildman–Crippen MR) is 96.3 cm³/mol. The molecule has 1 aromatic carbocycles. The molecule has 24 heavy (non-hydrogen) atoms. The predicted octanol–water partition coefficient (Wildman–Crippen LogP) is 1.38. The van der Waals surface area contributed by atoms with Gasteiger partial charge in [-0.15, -0.1) is 0 Å². The lowest BCUT2D eigenvalue weighted by Gasteiger charge is -2.34. The number of pyridine rings is 1. The van der Waals surface area contributed by atoms with E-state index >= 15 is 0 Å². The number of likely N-dealkylation sites (N-methyl/N-ethyl adjacent to an activating group) is 1. The number of rotatable bonds is 3. The van der Waals surface area contributed by atoms with Gasteiger partial charge < -0.3 is 20.1 Å². The van der Waals surface area contributed by atoms with Gasteiger partial charge in [0.05, 0.1) is 10.9 Å². The lowest BCUT2D eigenvalue weighted by Crippen LogP contribution is -2.49. The van der Waals surface area contributed by atoms with Crippen LogP contribution in [0.25, 0.3) is 10.9 Å². The van der Waals surface area contributed by atoms with Crippen molar-refractivity contribution in [2.75, 3.05) is 38.5 Å². The van der Waals surface area contributed by atoms with Crippen molar-refractivity contribution in [1.29, 1.82) is 0 Å². The second-order valence-corrected chi connectivity index (χ2v) is 6.13. The molecule has 0 unspecified atom stereocenters. The van der Waals surface area contributed by atoms with E-state index in [4.69, 9.17) is 5.73 Å². The van der Waals surface area contributed by atoms with E-state index in [0.29, 0.717) is 30.7 Å². The summed E-state index contributed by atoms with van der Waals surface area (Å²) in [6.45, 7) is 8.76. The van der Waals surface area contributed by atoms with E-state index in [-0.39, 0.29) is 16.9 Å². The first kappa shape index (κ1) is 16.5. The molecular weight excluding hydrogens is 304 g/mol. The van der Waals surface area contributed by atoms with Gasteiger partial charge >= 0.3 is 0 Å². The average molecular weight is 328 g/mol. The third-order valence-corrected chi connectivity index (χ3v) is 4.82. The Morgan fingerprint density at radius 2 is 1.83 bits per heavy atom. The van der Waals surface area contributed by atoms with Crippen LogP contribution in [0.4, 0.5) is 5.69 Å². The molecule has 0 atom stereocenters. The highest BCUT2D eigenvalue weighted by atomic mass is 16.2. The molecule has 1 aromatic heterocycles. The summed E-state index contributed by atoms with van der Waals surface area (Å²) in [6.07, 6.45) is 1.68. The van der Waals surface area contributed by atoms with Gasteiger partial charge in [-0.05, 0) is 25.6 Å². The lowest BCUT2D eigenvalue weighted by molar-refractivity contribution is 0.0641. The normalized spacial score (nSPS) is 15.8. The van der Waals surface area contributed by atoms with Crippen molar-refractivity contribution < 1.29 is 4.79 Å². The minimum Gasteiger partial charge on any atom is -0.398 e. The number of hydrogen-bond donors (Lipinski definition) is 1. The van der Waals surface area contributed by atoms with Crippen LogP contribution in [0.15, 0.2) is 29.2 Å². The van der Waals surface area contributed by atoms with Crippen LogP contribution >= 0.6 is 0 Å². The summed E-state index contributed by atoms with van der Waals surface area (Å²) >= 11 is 0. The molecule has 0 bridgehead atoms. The number of nitrogens with zero attached hydrogens (tertiary/aromatic N) is 3. The molecule has 128 valence electrons. The van der Waals surface area contributed by atoms with Gasteiger partial charge in [0.2, 0.25) is 5.43 Å². The maximum atomic E-state index is 12.9. The van der Waals surface area contributed by atoms with Crippen LogP contribution in [-0.4, -0.2) is 53.0 Å². The fourth-order valence-electron chi connectivity index (χ4n) is 3.31. The zero-order chi connectivity index (χ0) is 17.3. The van der Waals surface area contributed by atoms with Crippen molar-refractivity contribution in [1.82, 2.24) is 14.4 Å². The van der Waals surface area contributed by atoms with E-state index in [9.17, 15) is 9.59 Å². The van der Waals surface area contributed by atoms with Crippen LogP contribution in [0.5, 0.6) is 0 Å². The van der Waals surface area contributed by atoms with Crippen LogP contribution in [-0.2, 0) is 6.54 Å². The molecule has 1 aliphatic heterocycles. The minimum absolute atomic E-state index is 0.192. The summed E-state index contributed by atoms with van der Waals surface area (Å²) in [7, 11) is 0. The second-order valence-electron chi connectivity index (χ2n) is 6.13. The van der Waals surface area contributed by atoms with Gasteiger partial charge in [0.25, 0.3) is 5.91 Å². The number of carbonyl (C=O) groups is 1. The maximum Gasteiger partial charge on any atom is 0.259 e. The molecule has 1 fully saturated rings. The molecule has 0 spiro atoms. The number of benzene rings is 1. The van der Waals surface area contributed by atoms with Crippen molar-refractivity contribution in [3.05, 3.63) is 40.2 Å². The number of anilines is 1. The van der Waals surface area contributed by atoms with Crippen molar-refractivity contribution >= 4 is 22.5 Å². The van der Waals surface area contributed by atoms with Crippen molar-refractivity contribution in [3.8, 4) is 0 Å². The Morgan fingerprint density at radius 3 is 2.46 bits per heavy atom.